The Morgan fingerprint density at radius 1 is 0.950 bits per heavy atom. The van der Waals surface area contributed by atoms with E-state index >= 15 is 0 Å². The molecule has 2 aromatic rings. The van der Waals surface area contributed by atoms with Crippen molar-refractivity contribution in [2.24, 2.45) is 4.36 Å². The first-order chi connectivity index (χ1) is 9.29. The van der Waals surface area contributed by atoms with Gasteiger partial charge in [-0.3, -0.25) is 0 Å². The van der Waals surface area contributed by atoms with E-state index in [0.717, 1.165) is 12.1 Å². The molecule has 1 atom stereocenters. The molecule has 0 saturated carbocycles. The van der Waals surface area contributed by atoms with Gasteiger partial charge < -0.3 is 0 Å². The van der Waals surface area contributed by atoms with Gasteiger partial charge in [0.25, 0.3) is 0 Å². The van der Waals surface area contributed by atoms with Crippen LogP contribution in [-0.2, 0) is 15.9 Å². The van der Waals surface area contributed by atoms with Crippen LogP contribution in [0.4, 0.5) is 18.9 Å². The topological polar surface area (TPSA) is 29.4 Å². The van der Waals surface area contributed by atoms with Gasteiger partial charge in [-0.1, -0.05) is 18.2 Å². The summed E-state index contributed by atoms with van der Waals surface area (Å²) in [6, 6.07) is 12.9. The van der Waals surface area contributed by atoms with Crippen molar-refractivity contribution >= 4 is 15.4 Å². The molecule has 20 heavy (non-hydrogen) atoms. The molecule has 0 radical (unpaired) electrons. The predicted octanol–water partition coefficient (Wildman–Crippen LogP) is 4.49. The number of benzene rings is 2. The molecule has 0 saturated heterocycles. The van der Waals surface area contributed by atoms with Gasteiger partial charge in [-0.2, -0.15) is 17.5 Å². The molecular formula is C14H12F3NOS. The molecule has 0 aromatic heterocycles. The van der Waals surface area contributed by atoms with Gasteiger partial charge in [0.1, 0.15) is 0 Å². The third kappa shape index (κ3) is 3.39. The molecule has 0 bridgehead atoms. The quantitative estimate of drug-likeness (QED) is 0.803. The number of hydrogen-bond acceptors (Lipinski definition) is 2. The van der Waals surface area contributed by atoms with Crippen molar-refractivity contribution in [1.82, 2.24) is 0 Å². The second kappa shape index (κ2) is 5.28. The zero-order valence-corrected chi connectivity index (χ0v) is 11.4. The summed E-state index contributed by atoms with van der Waals surface area (Å²) in [5.41, 5.74) is -0.492. The number of rotatable bonds is 2. The summed E-state index contributed by atoms with van der Waals surface area (Å²) in [7, 11) is -2.67. The number of halogens is 3. The van der Waals surface area contributed by atoms with E-state index in [0.29, 0.717) is 4.90 Å². The first-order valence-electron chi connectivity index (χ1n) is 5.73. The number of hydrogen-bond donors (Lipinski definition) is 0. The Balaban J connectivity index is 2.38. The Labute approximate surface area is 115 Å². The van der Waals surface area contributed by atoms with Crippen LogP contribution >= 0.6 is 0 Å². The van der Waals surface area contributed by atoms with Crippen LogP contribution in [0.1, 0.15) is 5.56 Å². The zero-order valence-electron chi connectivity index (χ0n) is 10.6. The fourth-order valence-corrected chi connectivity index (χ4v) is 2.93. The summed E-state index contributed by atoms with van der Waals surface area (Å²) >= 11 is 0. The molecule has 0 N–H and O–H groups in total. The average molecular weight is 299 g/mol. The predicted molar refractivity (Wildman–Crippen MR) is 72.3 cm³/mol. The van der Waals surface area contributed by atoms with Crippen molar-refractivity contribution in [3.63, 3.8) is 0 Å². The fourth-order valence-electron chi connectivity index (χ4n) is 1.64. The molecule has 0 heterocycles. The molecule has 0 unspecified atom stereocenters. The molecule has 0 fully saturated rings. The van der Waals surface area contributed by atoms with Crippen LogP contribution in [0.2, 0.25) is 0 Å². The largest absolute Gasteiger partial charge is 0.416 e. The molecule has 2 rings (SSSR count). The Morgan fingerprint density at radius 2 is 1.50 bits per heavy atom. The minimum atomic E-state index is -4.38. The molecule has 6 heteroatoms. The van der Waals surface area contributed by atoms with E-state index in [-0.39, 0.29) is 5.69 Å². The molecule has 0 amide bonds. The van der Waals surface area contributed by atoms with E-state index in [9.17, 15) is 17.4 Å². The summed E-state index contributed by atoms with van der Waals surface area (Å²) < 4.78 is 53.8. The summed E-state index contributed by atoms with van der Waals surface area (Å²) in [5.74, 6) is 0. The van der Waals surface area contributed by atoms with Crippen molar-refractivity contribution in [3.8, 4) is 0 Å². The molecule has 0 aliphatic rings. The van der Waals surface area contributed by atoms with Crippen LogP contribution in [0.3, 0.4) is 0 Å². The standard InChI is InChI=1S/C14H12F3NOS/c1-20(19,13-5-3-2-4-6-13)18-12-9-7-11(8-10-12)14(15,16)17/h2-10H,1H3/t20-/m1/s1. The van der Waals surface area contributed by atoms with Gasteiger partial charge in [0.05, 0.1) is 21.0 Å². The molecule has 0 aliphatic carbocycles. The van der Waals surface area contributed by atoms with E-state index in [4.69, 9.17) is 0 Å². The minimum absolute atomic E-state index is 0.259. The molecule has 2 aromatic carbocycles. The number of nitrogens with zero attached hydrogens (tertiary/aromatic N) is 1. The molecule has 0 spiro atoms. The van der Waals surface area contributed by atoms with Crippen molar-refractivity contribution < 1.29 is 17.4 Å². The van der Waals surface area contributed by atoms with Crippen LogP contribution < -0.4 is 0 Å². The molecule has 0 aliphatic heterocycles. The lowest BCUT2D eigenvalue weighted by Gasteiger charge is -2.07. The van der Waals surface area contributed by atoms with E-state index in [1.54, 1.807) is 30.3 Å². The van der Waals surface area contributed by atoms with Crippen LogP contribution in [0.15, 0.2) is 63.9 Å². The van der Waals surface area contributed by atoms with Crippen LogP contribution in [0.5, 0.6) is 0 Å². The lowest BCUT2D eigenvalue weighted by Crippen LogP contribution is -2.03. The summed E-state index contributed by atoms with van der Waals surface area (Å²) in [5, 5.41) is 0. The molecule has 2 nitrogen and oxygen atoms in total. The first-order valence-corrected chi connectivity index (χ1v) is 7.66. The SMILES string of the molecule is C[S@](=O)(=Nc1ccc(C(F)(F)F)cc1)c1ccccc1. The lowest BCUT2D eigenvalue weighted by molar-refractivity contribution is -0.137. The highest BCUT2D eigenvalue weighted by molar-refractivity contribution is 7.93. The minimum Gasteiger partial charge on any atom is -0.245 e. The molecular weight excluding hydrogens is 287 g/mol. The normalized spacial score (nSPS) is 14.6. The Bertz CT molecular complexity index is 699. The van der Waals surface area contributed by atoms with E-state index in [2.05, 4.69) is 4.36 Å². The van der Waals surface area contributed by atoms with Gasteiger partial charge in [0.2, 0.25) is 0 Å². The third-order valence-electron chi connectivity index (χ3n) is 2.65. The number of alkyl halides is 3. The smallest absolute Gasteiger partial charge is 0.245 e. The zero-order chi connectivity index (χ0) is 14.8. The van der Waals surface area contributed by atoms with Crippen molar-refractivity contribution in [3.05, 3.63) is 60.2 Å². The van der Waals surface area contributed by atoms with Gasteiger partial charge in [-0.15, -0.1) is 0 Å². The highest BCUT2D eigenvalue weighted by Gasteiger charge is 2.29. The summed E-state index contributed by atoms with van der Waals surface area (Å²) in [6.07, 6.45) is -2.93. The second-order valence-electron chi connectivity index (χ2n) is 4.25. The van der Waals surface area contributed by atoms with Crippen molar-refractivity contribution in [1.29, 1.82) is 0 Å². The van der Waals surface area contributed by atoms with Crippen LogP contribution in [0, 0.1) is 0 Å². The van der Waals surface area contributed by atoms with Crippen molar-refractivity contribution in [2.75, 3.05) is 6.26 Å². The van der Waals surface area contributed by atoms with Gasteiger partial charge in [0, 0.05) is 11.2 Å². The Kier molecular flexibility index (Phi) is 3.85. The lowest BCUT2D eigenvalue weighted by atomic mass is 10.2. The monoisotopic (exact) mass is 299 g/mol. The van der Waals surface area contributed by atoms with Gasteiger partial charge in [-0.25, -0.2) is 4.21 Å². The average Bonchev–Trinajstić information content (AvgIpc) is 2.39. The summed E-state index contributed by atoms with van der Waals surface area (Å²) in [6.45, 7) is 0. The van der Waals surface area contributed by atoms with Crippen molar-refractivity contribution in [2.45, 2.75) is 11.1 Å². The highest BCUT2D eigenvalue weighted by atomic mass is 32.2. The maximum Gasteiger partial charge on any atom is 0.416 e. The van der Waals surface area contributed by atoms with Gasteiger partial charge in [-0.05, 0) is 36.4 Å². The first kappa shape index (κ1) is 14.6. The van der Waals surface area contributed by atoms with E-state index in [1.165, 1.54) is 18.4 Å². The second-order valence-corrected chi connectivity index (χ2v) is 6.51. The third-order valence-corrected chi connectivity index (χ3v) is 4.36. The Morgan fingerprint density at radius 3 is 2.00 bits per heavy atom. The maximum atomic E-state index is 12.5. The summed E-state index contributed by atoms with van der Waals surface area (Å²) in [4.78, 5) is 0.542. The van der Waals surface area contributed by atoms with E-state index in [1.807, 2.05) is 0 Å². The van der Waals surface area contributed by atoms with Gasteiger partial charge >= 0.3 is 6.18 Å². The molecule has 106 valence electrons. The maximum absolute atomic E-state index is 12.5. The highest BCUT2D eigenvalue weighted by Crippen LogP contribution is 2.30. The van der Waals surface area contributed by atoms with Crippen LogP contribution in [-0.4, -0.2) is 10.5 Å². The van der Waals surface area contributed by atoms with Gasteiger partial charge in [0.15, 0.2) is 0 Å². The van der Waals surface area contributed by atoms with E-state index < -0.39 is 21.5 Å². The Hall–Kier alpha value is -1.82. The fraction of sp³-hybridized carbons (Fsp3) is 0.143. The van der Waals surface area contributed by atoms with Crippen LogP contribution in [0.25, 0.3) is 0 Å².